The van der Waals surface area contributed by atoms with Crippen LogP contribution in [0.4, 0.5) is 5.69 Å². The molecule has 7 nitrogen and oxygen atoms in total. The van der Waals surface area contributed by atoms with Gasteiger partial charge in [-0.05, 0) is 53.5 Å². The topological polar surface area (TPSA) is 93.7 Å². The summed E-state index contributed by atoms with van der Waals surface area (Å²) in [5.74, 6) is 0.507. The third-order valence-corrected chi connectivity index (χ3v) is 8.09. The Hall–Kier alpha value is -3.35. The number of anilines is 1. The maximum atomic E-state index is 13.6. The van der Waals surface area contributed by atoms with Crippen molar-refractivity contribution in [2.75, 3.05) is 19.5 Å². The van der Waals surface area contributed by atoms with Gasteiger partial charge in [-0.2, -0.15) is 0 Å². The minimum Gasteiger partial charge on any atom is -0.497 e. The quantitative estimate of drug-likeness (QED) is 0.155. The molecule has 2 N–H and O–H groups in total. The number of hydrogen-bond acceptors (Lipinski definition) is 5. The summed E-state index contributed by atoms with van der Waals surface area (Å²) < 4.78 is 11.1. The van der Waals surface area contributed by atoms with Crippen molar-refractivity contribution < 1.29 is 23.9 Å². The molecule has 1 atom stereocenters. The molecule has 0 aliphatic rings. The average molecular weight is 609 g/mol. The SMILES string of the molecule is CCCCCCCCCC(=O)NC(=O)c1ccc(C(C)(C)C)c(NC(=O)CC(CCCCC)c2ccc(OC)cc2OC)c1. The van der Waals surface area contributed by atoms with Crippen LogP contribution in [0.5, 0.6) is 11.5 Å². The summed E-state index contributed by atoms with van der Waals surface area (Å²) in [5.41, 5.74) is 2.55. The molecule has 0 heterocycles. The molecule has 2 aromatic rings. The minimum atomic E-state index is -0.450. The Morgan fingerprint density at radius 2 is 1.43 bits per heavy atom. The van der Waals surface area contributed by atoms with Crippen molar-refractivity contribution in [2.45, 2.75) is 129 Å². The lowest BCUT2D eigenvalue weighted by Gasteiger charge is -2.25. The molecule has 0 aromatic heterocycles. The van der Waals surface area contributed by atoms with Crippen LogP contribution in [0.1, 0.15) is 145 Å². The van der Waals surface area contributed by atoms with E-state index in [0.717, 1.165) is 56.1 Å². The van der Waals surface area contributed by atoms with Gasteiger partial charge >= 0.3 is 0 Å². The van der Waals surface area contributed by atoms with Gasteiger partial charge in [0, 0.05) is 30.2 Å². The molecule has 0 bridgehead atoms. The van der Waals surface area contributed by atoms with E-state index in [0.29, 0.717) is 29.2 Å². The van der Waals surface area contributed by atoms with E-state index in [1.807, 2.05) is 24.3 Å². The number of carbonyl (C=O) groups is 3. The molecular formula is C37H56N2O5. The maximum absolute atomic E-state index is 13.6. The number of unbranched alkanes of at least 4 members (excludes halogenated alkanes) is 8. The van der Waals surface area contributed by atoms with Crippen LogP contribution in [0.3, 0.4) is 0 Å². The molecule has 44 heavy (non-hydrogen) atoms. The molecule has 2 aromatic carbocycles. The van der Waals surface area contributed by atoms with Crippen LogP contribution in [0.2, 0.25) is 0 Å². The highest BCUT2D eigenvalue weighted by atomic mass is 16.5. The van der Waals surface area contributed by atoms with Crippen LogP contribution >= 0.6 is 0 Å². The second-order valence-electron chi connectivity index (χ2n) is 12.8. The number of imide groups is 1. The van der Waals surface area contributed by atoms with Crippen LogP contribution in [-0.2, 0) is 15.0 Å². The molecule has 3 amide bonds. The maximum Gasteiger partial charge on any atom is 0.257 e. The highest BCUT2D eigenvalue weighted by Gasteiger charge is 2.24. The Kier molecular flexibility index (Phi) is 16.0. The molecule has 0 radical (unpaired) electrons. The largest absolute Gasteiger partial charge is 0.497 e. The first-order valence-corrected chi connectivity index (χ1v) is 16.5. The summed E-state index contributed by atoms with van der Waals surface area (Å²) in [6.07, 6.45) is 12.4. The Morgan fingerprint density at radius 1 is 0.773 bits per heavy atom. The smallest absolute Gasteiger partial charge is 0.257 e. The molecule has 0 aliphatic carbocycles. The van der Waals surface area contributed by atoms with E-state index in [9.17, 15) is 14.4 Å². The van der Waals surface area contributed by atoms with Gasteiger partial charge in [-0.25, -0.2) is 0 Å². The van der Waals surface area contributed by atoms with Crippen LogP contribution in [0.25, 0.3) is 0 Å². The second-order valence-corrected chi connectivity index (χ2v) is 12.8. The molecule has 0 saturated heterocycles. The number of rotatable bonds is 19. The van der Waals surface area contributed by atoms with Crippen molar-refractivity contribution in [3.05, 3.63) is 53.1 Å². The zero-order valence-corrected chi connectivity index (χ0v) is 28.3. The second kappa shape index (κ2) is 19.1. The predicted molar refractivity (Wildman–Crippen MR) is 180 cm³/mol. The van der Waals surface area contributed by atoms with Crippen molar-refractivity contribution >= 4 is 23.4 Å². The molecule has 2 rings (SSSR count). The summed E-state index contributed by atoms with van der Waals surface area (Å²) in [6.45, 7) is 10.6. The highest BCUT2D eigenvalue weighted by molar-refractivity contribution is 6.05. The first-order chi connectivity index (χ1) is 21.0. The van der Waals surface area contributed by atoms with E-state index in [1.54, 1.807) is 26.4 Å². The normalized spacial score (nSPS) is 12.0. The fourth-order valence-corrected chi connectivity index (χ4v) is 5.54. The van der Waals surface area contributed by atoms with Crippen LogP contribution in [-0.4, -0.2) is 31.9 Å². The fraction of sp³-hybridized carbons (Fsp3) is 0.595. The van der Waals surface area contributed by atoms with Crippen molar-refractivity contribution in [1.29, 1.82) is 0 Å². The third-order valence-electron chi connectivity index (χ3n) is 8.09. The van der Waals surface area contributed by atoms with E-state index in [2.05, 4.69) is 45.3 Å². The predicted octanol–water partition coefficient (Wildman–Crippen LogP) is 9.09. The summed E-state index contributed by atoms with van der Waals surface area (Å²) in [6, 6.07) is 11.0. The van der Waals surface area contributed by atoms with E-state index in [1.165, 1.54) is 25.7 Å². The van der Waals surface area contributed by atoms with Gasteiger partial charge in [0.25, 0.3) is 5.91 Å². The Balaban J connectivity index is 2.17. The van der Waals surface area contributed by atoms with E-state index in [-0.39, 0.29) is 29.6 Å². The average Bonchev–Trinajstić information content (AvgIpc) is 2.99. The molecule has 0 spiro atoms. The number of ether oxygens (including phenoxy) is 2. The summed E-state index contributed by atoms with van der Waals surface area (Å²) in [5, 5.41) is 5.65. The minimum absolute atomic E-state index is 0.0451. The number of amides is 3. The summed E-state index contributed by atoms with van der Waals surface area (Å²) in [4.78, 5) is 39.1. The van der Waals surface area contributed by atoms with Gasteiger partial charge in [0.15, 0.2) is 0 Å². The van der Waals surface area contributed by atoms with Gasteiger partial charge in [0.05, 0.1) is 14.2 Å². The van der Waals surface area contributed by atoms with Gasteiger partial charge in [-0.3, -0.25) is 19.7 Å². The monoisotopic (exact) mass is 608 g/mol. The number of hydrogen-bond donors (Lipinski definition) is 2. The Labute approximate surface area is 265 Å². The molecule has 244 valence electrons. The van der Waals surface area contributed by atoms with Gasteiger partial charge in [-0.1, -0.05) is 105 Å². The summed E-state index contributed by atoms with van der Waals surface area (Å²) in [7, 11) is 3.25. The van der Waals surface area contributed by atoms with Crippen molar-refractivity contribution in [2.24, 2.45) is 0 Å². The molecule has 0 saturated carbocycles. The van der Waals surface area contributed by atoms with Gasteiger partial charge in [0.2, 0.25) is 11.8 Å². The van der Waals surface area contributed by atoms with Crippen molar-refractivity contribution in [1.82, 2.24) is 5.32 Å². The molecule has 7 heteroatoms. The lowest BCUT2D eigenvalue weighted by Crippen LogP contribution is -2.30. The molecule has 1 unspecified atom stereocenters. The number of nitrogens with one attached hydrogen (secondary N) is 2. The van der Waals surface area contributed by atoms with Gasteiger partial charge in [-0.15, -0.1) is 0 Å². The van der Waals surface area contributed by atoms with Crippen LogP contribution in [0, 0.1) is 0 Å². The number of benzene rings is 2. The molecule has 0 aliphatic heterocycles. The van der Waals surface area contributed by atoms with Crippen LogP contribution < -0.4 is 20.1 Å². The molecular weight excluding hydrogens is 552 g/mol. The Morgan fingerprint density at radius 3 is 2.07 bits per heavy atom. The van der Waals surface area contributed by atoms with Crippen LogP contribution in [0.15, 0.2) is 36.4 Å². The van der Waals surface area contributed by atoms with E-state index < -0.39 is 5.91 Å². The van der Waals surface area contributed by atoms with Gasteiger partial charge < -0.3 is 14.8 Å². The van der Waals surface area contributed by atoms with E-state index >= 15 is 0 Å². The van der Waals surface area contributed by atoms with E-state index in [4.69, 9.17) is 9.47 Å². The van der Waals surface area contributed by atoms with Gasteiger partial charge in [0.1, 0.15) is 11.5 Å². The van der Waals surface area contributed by atoms with Crippen molar-refractivity contribution in [3.8, 4) is 11.5 Å². The summed E-state index contributed by atoms with van der Waals surface area (Å²) >= 11 is 0. The Bertz CT molecular complexity index is 1200. The van der Waals surface area contributed by atoms with Crippen molar-refractivity contribution in [3.63, 3.8) is 0 Å². The third kappa shape index (κ3) is 12.3. The lowest BCUT2D eigenvalue weighted by atomic mass is 9.84. The first kappa shape index (κ1) is 36.8. The molecule has 0 fully saturated rings. The standard InChI is InChI=1S/C37H56N2O5/c1-8-10-12-13-14-15-17-19-34(40)39-36(42)28-20-23-31(37(3,4)5)32(24-28)38-35(41)25-27(18-16-11-9-2)30-22-21-29(43-6)26-33(30)44-7/h20-24,26-27H,8-19,25H2,1-7H3,(H,38,41)(H,39,40,42). The first-order valence-electron chi connectivity index (χ1n) is 16.5. The number of carbonyl (C=O) groups excluding carboxylic acids is 3. The lowest BCUT2D eigenvalue weighted by molar-refractivity contribution is -0.120. The fourth-order valence-electron chi connectivity index (χ4n) is 5.54. The zero-order valence-electron chi connectivity index (χ0n) is 28.3. The zero-order chi connectivity index (χ0) is 32.5. The highest BCUT2D eigenvalue weighted by Crippen LogP contribution is 2.36. The number of methoxy groups -OCH3 is 2.